The quantitative estimate of drug-likeness (QED) is 0.605. The number of benzene rings is 1. The molecule has 4 nitrogen and oxygen atoms in total. The molecule has 0 amide bonds. The molecule has 0 radical (unpaired) electrons. The van der Waals surface area contributed by atoms with Crippen LogP contribution in [0.1, 0.15) is 38.9 Å². The number of nitrogens with zero attached hydrogens (tertiary/aromatic N) is 2. The maximum atomic E-state index is 13.1. The highest BCUT2D eigenvalue weighted by molar-refractivity contribution is 6.35. The number of rotatable bonds is 7. The van der Waals surface area contributed by atoms with E-state index in [-0.39, 0.29) is 5.56 Å². The van der Waals surface area contributed by atoms with Crippen LogP contribution in [-0.4, -0.2) is 16.1 Å². The Balaban J connectivity index is 2.70. The second-order valence-corrected chi connectivity index (χ2v) is 5.98. The Morgan fingerprint density at radius 2 is 2.17 bits per heavy atom. The minimum absolute atomic E-state index is 0.123. The molecule has 2 N–H and O–H groups in total. The van der Waals surface area contributed by atoms with Gasteiger partial charge in [0.05, 0.1) is 15.9 Å². The van der Waals surface area contributed by atoms with Gasteiger partial charge in [-0.15, -0.1) is 0 Å². The van der Waals surface area contributed by atoms with Gasteiger partial charge in [-0.2, -0.15) is 0 Å². The zero-order valence-electron chi connectivity index (χ0n) is 14.3. The first-order chi connectivity index (χ1) is 11.6. The van der Waals surface area contributed by atoms with Crippen LogP contribution in [-0.2, 0) is 6.42 Å². The molecule has 0 fully saturated rings. The van der Waals surface area contributed by atoms with Crippen LogP contribution in [0.5, 0.6) is 0 Å². The Hall–Kier alpha value is -1.91. The minimum atomic E-state index is -0.123. The number of halogens is 1. The second-order valence-electron chi connectivity index (χ2n) is 5.57. The molecule has 0 aliphatic heterocycles. The molecule has 5 heteroatoms. The van der Waals surface area contributed by atoms with Crippen molar-refractivity contribution in [3.63, 3.8) is 0 Å². The van der Waals surface area contributed by atoms with E-state index in [1.807, 2.05) is 37.3 Å². The van der Waals surface area contributed by atoms with Gasteiger partial charge in [0, 0.05) is 12.1 Å². The fraction of sp³-hybridized carbons (Fsp3) is 0.368. The Labute approximate surface area is 147 Å². The molecular formula is C19H24ClN3O. The zero-order valence-corrected chi connectivity index (χ0v) is 15.0. The molecule has 1 aromatic carbocycles. The lowest BCUT2D eigenvalue weighted by Gasteiger charge is -2.15. The molecule has 0 aliphatic rings. The van der Waals surface area contributed by atoms with Crippen LogP contribution in [0.25, 0.3) is 16.6 Å². The smallest absolute Gasteiger partial charge is 0.267 e. The van der Waals surface area contributed by atoms with E-state index in [2.05, 4.69) is 6.92 Å². The summed E-state index contributed by atoms with van der Waals surface area (Å²) >= 11 is 6.26. The topological polar surface area (TPSA) is 60.9 Å². The Kier molecular flexibility index (Phi) is 6.76. The van der Waals surface area contributed by atoms with E-state index in [1.165, 1.54) is 0 Å². The van der Waals surface area contributed by atoms with E-state index < -0.39 is 0 Å². The van der Waals surface area contributed by atoms with Gasteiger partial charge >= 0.3 is 0 Å². The van der Waals surface area contributed by atoms with Crippen LogP contribution >= 0.6 is 11.6 Å². The van der Waals surface area contributed by atoms with Crippen LogP contribution in [0.2, 0.25) is 5.02 Å². The van der Waals surface area contributed by atoms with Crippen molar-refractivity contribution in [3.05, 3.63) is 57.6 Å². The van der Waals surface area contributed by atoms with Crippen LogP contribution in [0.15, 0.2) is 41.2 Å². The molecule has 0 bridgehead atoms. The number of aryl methyl sites for hydroxylation is 1. The normalized spacial score (nSPS) is 12.4. The number of aromatic nitrogens is 2. The molecule has 0 spiro atoms. The molecule has 1 aromatic heterocycles. The minimum Gasteiger partial charge on any atom is -0.330 e. The maximum absolute atomic E-state index is 13.1. The lowest BCUT2D eigenvalue weighted by atomic mass is 10.2. The van der Waals surface area contributed by atoms with Crippen molar-refractivity contribution in [2.75, 3.05) is 6.54 Å². The fourth-order valence-electron chi connectivity index (χ4n) is 2.64. The molecule has 1 heterocycles. The molecular weight excluding hydrogens is 322 g/mol. The summed E-state index contributed by atoms with van der Waals surface area (Å²) in [7, 11) is 0. The van der Waals surface area contributed by atoms with E-state index >= 15 is 0 Å². The van der Waals surface area contributed by atoms with Gasteiger partial charge in [-0.1, -0.05) is 36.7 Å². The van der Waals surface area contributed by atoms with Crippen molar-refractivity contribution in [1.82, 2.24) is 9.55 Å². The average Bonchev–Trinajstić information content (AvgIpc) is 2.57. The maximum Gasteiger partial charge on any atom is 0.267 e. The zero-order chi connectivity index (χ0) is 17.5. The van der Waals surface area contributed by atoms with Gasteiger partial charge in [0.2, 0.25) is 0 Å². The molecule has 0 saturated heterocycles. The number of nitrogens with two attached hydrogens (primary N) is 1. The first-order valence-electron chi connectivity index (χ1n) is 8.37. The summed E-state index contributed by atoms with van der Waals surface area (Å²) < 4.78 is 1.68. The third-order valence-corrected chi connectivity index (χ3v) is 4.16. The SMILES string of the molecule is C/C=C(\C=C/CC)n1c(CCCCN)nc2cccc(Cl)c2c1=O. The average molecular weight is 346 g/mol. The lowest BCUT2D eigenvalue weighted by molar-refractivity contribution is 0.698. The van der Waals surface area contributed by atoms with Gasteiger partial charge in [0.15, 0.2) is 0 Å². The molecule has 0 atom stereocenters. The summed E-state index contributed by atoms with van der Waals surface area (Å²) in [5.74, 6) is 0.747. The predicted octanol–water partition coefficient (Wildman–Crippen LogP) is 4.16. The van der Waals surface area contributed by atoms with Crippen LogP contribution < -0.4 is 11.3 Å². The van der Waals surface area contributed by atoms with Gasteiger partial charge in [0.25, 0.3) is 5.56 Å². The number of allylic oxidation sites excluding steroid dienone is 4. The number of hydrogen-bond acceptors (Lipinski definition) is 3. The van der Waals surface area contributed by atoms with E-state index in [1.54, 1.807) is 10.6 Å². The standard InChI is InChI=1S/C19H24ClN3O/c1-3-5-9-14(4-2)23-17(12-6-7-13-21)22-16-11-8-10-15(20)18(16)19(23)24/h4-5,8-11H,3,6-7,12-13,21H2,1-2H3/b9-5-,14-4+. The van der Waals surface area contributed by atoms with Gasteiger partial charge in [-0.05, 0) is 50.9 Å². The Morgan fingerprint density at radius 3 is 2.83 bits per heavy atom. The van der Waals surface area contributed by atoms with E-state index in [4.69, 9.17) is 22.3 Å². The summed E-state index contributed by atoms with van der Waals surface area (Å²) in [5, 5.41) is 0.896. The molecule has 0 unspecified atom stereocenters. The van der Waals surface area contributed by atoms with Gasteiger partial charge in [0.1, 0.15) is 5.82 Å². The fourth-order valence-corrected chi connectivity index (χ4v) is 2.89. The monoisotopic (exact) mass is 345 g/mol. The predicted molar refractivity (Wildman–Crippen MR) is 102 cm³/mol. The van der Waals surface area contributed by atoms with E-state index in [0.29, 0.717) is 28.9 Å². The number of unbranched alkanes of at least 4 members (excludes halogenated alkanes) is 1. The number of hydrogen-bond donors (Lipinski definition) is 1. The first kappa shape index (κ1) is 18.4. The summed E-state index contributed by atoms with van der Waals surface area (Å²) in [6.45, 7) is 4.61. The third-order valence-electron chi connectivity index (χ3n) is 3.85. The van der Waals surface area contributed by atoms with E-state index in [9.17, 15) is 4.79 Å². The second kappa shape index (κ2) is 8.81. The third kappa shape index (κ3) is 3.94. The van der Waals surface area contributed by atoms with Gasteiger partial charge in [-0.3, -0.25) is 9.36 Å². The first-order valence-corrected chi connectivity index (χ1v) is 8.75. The molecule has 128 valence electrons. The molecule has 24 heavy (non-hydrogen) atoms. The summed E-state index contributed by atoms with van der Waals surface area (Å²) in [5.41, 5.74) is 6.93. The van der Waals surface area contributed by atoms with Crippen LogP contribution in [0.3, 0.4) is 0 Å². The van der Waals surface area contributed by atoms with Gasteiger partial charge < -0.3 is 5.73 Å². The van der Waals surface area contributed by atoms with Crippen LogP contribution in [0.4, 0.5) is 0 Å². The Bertz CT molecular complexity index is 821. The molecule has 0 aliphatic carbocycles. The van der Waals surface area contributed by atoms with Crippen molar-refractivity contribution in [2.45, 2.75) is 39.5 Å². The highest BCUT2D eigenvalue weighted by atomic mass is 35.5. The van der Waals surface area contributed by atoms with Crippen molar-refractivity contribution >= 4 is 28.2 Å². The summed E-state index contributed by atoms with van der Waals surface area (Å²) in [6.07, 6.45) is 9.30. The van der Waals surface area contributed by atoms with Crippen molar-refractivity contribution in [3.8, 4) is 0 Å². The summed E-state index contributed by atoms with van der Waals surface area (Å²) in [6, 6.07) is 5.37. The number of fused-ring (bicyclic) bond motifs is 1. The molecule has 2 rings (SSSR count). The van der Waals surface area contributed by atoms with Crippen molar-refractivity contribution in [2.24, 2.45) is 5.73 Å². The van der Waals surface area contributed by atoms with E-state index in [0.717, 1.165) is 30.8 Å². The van der Waals surface area contributed by atoms with Crippen molar-refractivity contribution in [1.29, 1.82) is 0 Å². The Morgan fingerprint density at radius 1 is 1.38 bits per heavy atom. The molecule has 0 saturated carbocycles. The highest BCUT2D eigenvalue weighted by Gasteiger charge is 2.14. The lowest BCUT2D eigenvalue weighted by Crippen LogP contribution is -2.25. The van der Waals surface area contributed by atoms with Crippen LogP contribution in [0, 0.1) is 0 Å². The highest BCUT2D eigenvalue weighted by Crippen LogP contribution is 2.21. The largest absolute Gasteiger partial charge is 0.330 e. The summed E-state index contributed by atoms with van der Waals surface area (Å²) in [4.78, 5) is 17.8. The molecule has 2 aromatic rings. The van der Waals surface area contributed by atoms with Gasteiger partial charge in [-0.25, -0.2) is 4.98 Å². The van der Waals surface area contributed by atoms with Crippen molar-refractivity contribution < 1.29 is 0 Å².